The summed E-state index contributed by atoms with van der Waals surface area (Å²) in [5, 5.41) is 2.89. The van der Waals surface area contributed by atoms with E-state index >= 15 is 0 Å². The number of hydrogen-bond acceptors (Lipinski definition) is 5. The second-order valence-electron chi connectivity index (χ2n) is 6.05. The summed E-state index contributed by atoms with van der Waals surface area (Å²) in [6, 6.07) is 10.5. The average molecular weight is 355 g/mol. The van der Waals surface area contributed by atoms with Crippen molar-refractivity contribution in [2.24, 2.45) is 0 Å². The van der Waals surface area contributed by atoms with Gasteiger partial charge in [0, 0.05) is 28.9 Å². The first-order valence-corrected chi connectivity index (χ1v) is 9.02. The van der Waals surface area contributed by atoms with Crippen LogP contribution >= 0.6 is 11.3 Å². The van der Waals surface area contributed by atoms with Gasteiger partial charge in [-0.2, -0.15) is 0 Å². The van der Waals surface area contributed by atoms with Crippen molar-refractivity contribution in [1.29, 1.82) is 0 Å². The van der Waals surface area contributed by atoms with Crippen LogP contribution < -0.4 is 10.4 Å². The van der Waals surface area contributed by atoms with Gasteiger partial charge in [0.05, 0.1) is 6.04 Å². The van der Waals surface area contributed by atoms with E-state index in [1.165, 1.54) is 16.5 Å². The van der Waals surface area contributed by atoms with Crippen LogP contribution in [0.1, 0.15) is 23.4 Å². The summed E-state index contributed by atoms with van der Waals surface area (Å²) in [6.45, 7) is 2.73. The van der Waals surface area contributed by atoms with Crippen LogP contribution in [0.15, 0.2) is 51.0 Å². The molecule has 6 heteroatoms. The van der Waals surface area contributed by atoms with E-state index in [2.05, 4.69) is 11.4 Å². The van der Waals surface area contributed by atoms with E-state index in [9.17, 15) is 9.59 Å². The van der Waals surface area contributed by atoms with Crippen molar-refractivity contribution in [3.05, 3.63) is 62.6 Å². The minimum absolute atomic E-state index is 0.0353. The van der Waals surface area contributed by atoms with E-state index in [1.807, 2.05) is 11.8 Å². The van der Waals surface area contributed by atoms with Crippen molar-refractivity contribution < 1.29 is 13.9 Å². The first-order valence-electron chi connectivity index (χ1n) is 8.14. The molecule has 1 aromatic carbocycles. The maximum atomic E-state index is 12.6. The monoisotopic (exact) mass is 355 g/mol. The zero-order valence-electron chi connectivity index (χ0n) is 13.7. The summed E-state index contributed by atoms with van der Waals surface area (Å²) in [6.07, 6.45) is 0.893. The Morgan fingerprint density at radius 2 is 2.16 bits per heavy atom. The molecule has 1 amide bonds. The van der Waals surface area contributed by atoms with Gasteiger partial charge in [-0.3, -0.25) is 4.79 Å². The fourth-order valence-electron chi connectivity index (χ4n) is 3.21. The van der Waals surface area contributed by atoms with Crippen molar-refractivity contribution in [3.63, 3.8) is 0 Å². The van der Waals surface area contributed by atoms with Crippen LogP contribution in [0.25, 0.3) is 11.0 Å². The average Bonchev–Trinajstić information content (AvgIpc) is 3.09. The largest absolute Gasteiger partial charge is 0.484 e. The smallest absolute Gasteiger partial charge is 0.336 e. The number of amides is 1. The molecule has 0 aliphatic carbocycles. The second-order valence-corrected chi connectivity index (χ2v) is 7.06. The van der Waals surface area contributed by atoms with Gasteiger partial charge in [0.1, 0.15) is 11.3 Å². The molecule has 0 bridgehead atoms. The highest BCUT2D eigenvalue weighted by molar-refractivity contribution is 7.10. The molecular weight excluding hydrogens is 338 g/mol. The molecule has 1 atom stereocenters. The number of rotatable bonds is 3. The van der Waals surface area contributed by atoms with Gasteiger partial charge in [0.2, 0.25) is 0 Å². The first-order chi connectivity index (χ1) is 12.1. The van der Waals surface area contributed by atoms with Crippen molar-refractivity contribution in [1.82, 2.24) is 4.90 Å². The number of benzene rings is 1. The summed E-state index contributed by atoms with van der Waals surface area (Å²) >= 11 is 1.75. The number of carbonyl (C=O) groups excluding carboxylic acids is 1. The number of hydrogen-bond donors (Lipinski definition) is 0. The highest BCUT2D eigenvalue weighted by Crippen LogP contribution is 2.32. The number of fused-ring (bicyclic) bond motifs is 2. The normalized spacial score (nSPS) is 16.7. The third-order valence-electron chi connectivity index (χ3n) is 4.55. The molecular formula is C19H17NO4S. The Kier molecular flexibility index (Phi) is 4.05. The molecule has 3 heterocycles. The number of nitrogens with zero attached hydrogens (tertiary/aromatic N) is 1. The predicted molar refractivity (Wildman–Crippen MR) is 96.1 cm³/mol. The fraction of sp³-hybridized carbons (Fsp3) is 0.263. The van der Waals surface area contributed by atoms with E-state index in [4.69, 9.17) is 9.15 Å². The molecule has 5 nitrogen and oxygen atoms in total. The molecule has 0 spiro atoms. The molecule has 1 aliphatic heterocycles. The van der Waals surface area contributed by atoms with Crippen molar-refractivity contribution >= 4 is 28.2 Å². The summed E-state index contributed by atoms with van der Waals surface area (Å²) in [4.78, 5) is 27.1. The standard InChI is InChI=1S/C19H17NO4S/c1-12-15-7-9-25-17(15)6-8-20(12)18(21)11-23-14-4-2-13-3-5-19(22)24-16(13)10-14/h2-5,7,9-10,12H,6,8,11H2,1H3/t12-/m1/s1. The molecule has 0 saturated carbocycles. The number of thiophene rings is 1. The quantitative estimate of drug-likeness (QED) is 0.676. The molecule has 2 aromatic heterocycles. The lowest BCUT2D eigenvalue weighted by molar-refractivity contribution is -0.135. The van der Waals surface area contributed by atoms with Gasteiger partial charge in [-0.25, -0.2) is 4.79 Å². The van der Waals surface area contributed by atoms with Gasteiger partial charge in [0.25, 0.3) is 5.91 Å². The molecule has 128 valence electrons. The van der Waals surface area contributed by atoms with E-state index in [-0.39, 0.29) is 18.6 Å². The SMILES string of the molecule is C[C@@H]1c2ccsc2CCN1C(=O)COc1ccc2ccc(=O)oc2c1. The van der Waals surface area contributed by atoms with Gasteiger partial charge in [-0.15, -0.1) is 11.3 Å². The first kappa shape index (κ1) is 15.9. The third-order valence-corrected chi connectivity index (χ3v) is 5.55. The van der Waals surface area contributed by atoms with Gasteiger partial charge >= 0.3 is 5.63 Å². The third kappa shape index (κ3) is 3.05. The van der Waals surface area contributed by atoms with Crippen LogP contribution in [0, 0.1) is 0 Å². The number of carbonyl (C=O) groups is 1. The lowest BCUT2D eigenvalue weighted by Crippen LogP contribution is -2.40. The van der Waals surface area contributed by atoms with Crippen LogP contribution in [0.4, 0.5) is 0 Å². The number of ether oxygens (including phenoxy) is 1. The predicted octanol–water partition coefficient (Wildman–Crippen LogP) is 3.38. The van der Waals surface area contributed by atoms with Gasteiger partial charge in [0.15, 0.2) is 6.61 Å². The highest BCUT2D eigenvalue weighted by atomic mass is 32.1. The van der Waals surface area contributed by atoms with Crippen molar-refractivity contribution in [2.75, 3.05) is 13.2 Å². The van der Waals surface area contributed by atoms with Crippen LogP contribution in [0.2, 0.25) is 0 Å². The minimum Gasteiger partial charge on any atom is -0.484 e. The summed E-state index contributed by atoms with van der Waals surface area (Å²) in [5.74, 6) is 0.468. The molecule has 4 rings (SSSR count). The van der Waals surface area contributed by atoms with E-state index in [0.29, 0.717) is 17.9 Å². The van der Waals surface area contributed by atoms with Crippen LogP contribution in [0.5, 0.6) is 5.75 Å². The Labute approximate surface area is 148 Å². The fourth-order valence-corrected chi connectivity index (χ4v) is 4.17. The lowest BCUT2D eigenvalue weighted by Gasteiger charge is -2.33. The van der Waals surface area contributed by atoms with Crippen molar-refractivity contribution in [2.45, 2.75) is 19.4 Å². The van der Waals surface area contributed by atoms with Crippen LogP contribution in [-0.4, -0.2) is 24.0 Å². The summed E-state index contributed by atoms with van der Waals surface area (Å²) in [7, 11) is 0. The molecule has 0 saturated heterocycles. The maximum Gasteiger partial charge on any atom is 0.336 e. The van der Waals surface area contributed by atoms with Gasteiger partial charge in [-0.1, -0.05) is 0 Å². The molecule has 0 unspecified atom stereocenters. The second kappa shape index (κ2) is 6.37. The minimum atomic E-state index is -0.408. The Bertz CT molecular complexity index is 990. The molecule has 0 radical (unpaired) electrons. The zero-order valence-corrected chi connectivity index (χ0v) is 14.5. The van der Waals surface area contributed by atoms with Crippen molar-refractivity contribution in [3.8, 4) is 5.75 Å². The Morgan fingerprint density at radius 1 is 1.32 bits per heavy atom. The Balaban J connectivity index is 1.46. The molecule has 0 fully saturated rings. The highest BCUT2D eigenvalue weighted by Gasteiger charge is 2.28. The lowest BCUT2D eigenvalue weighted by atomic mass is 10.0. The maximum absolute atomic E-state index is 12.6. The molecule has 3 aromatic rings. The van der Waals surface area contributed by atoms with E-state index in [1.54, 1.807) is 35.6 Å². The van der Waals surface area contributed by atoms with E-state index < -0.39 is 5.63 Å². The van der Waals surface area contributed by atoms with Gasteiger partial charge < -0.3 is 14.1 Å². The van der Waals surface area contributed by atoms with E-state index in [0.717, 1.165) is 11.8 Å². The van der Waals surface area contributed by atoms with Crippen LogP contribution in [0.3, 0.4) is 0 Å². The zero-order chi connectivity index (χ0) is 17.4. The summed E-state index contributed by atoms with van der Waals surface area (Å²) < 4.78 is 10.8. The van der Waals surface area contributed by atoms with Crippen LogP contribution in [-0.2, 0) is 11.2 Å². The Morgan fingerprint density at radius 3 is 3.04 bits per heavy atom. The molecule has 0 N–H and O–H groups in total. The Hall–Kier alpha value is -2.60. The summed E-state index contributed by atoms with van der Waals surface area (Å²) in [5.41, 5.74) is 1.28. The molecule has 25 heavy (non-hydrogen) atoms. The molecule has 1 aliphatic rings. The van der Waals surface area contributed by atoms with Gasteiger partial charge in [-0.05, 0) is 48.6 Å². The topological polar surface area (TPSA) is 59.8 Å².